The zero-order valence-corrected chi connectivity index (χ0v) is 14.0. The molecule has 2 heterocycles. The van der Waals surface area contributed by atoms with Crippen LogP contribution in [-0.4, -0.2) is 21.6 Å². The fourth-order valence-corrected chi connectivity index (χ4v) is 2.72. The molecule has 2 aromatic heterocycles. The van der Waals surface area contributed by atoms with E-state index < -0.39 is 5.41 Å². The lowest BCUT2D eigenvalue weighted by Gasteiger charge is -2.12. The Morgan fingerprint density at radius 2 is 2.04 bits per heavy atom. The van der Waals surface area contributed by atoms with Gasteiger partial charge in [-0.25, -0.2) is 9.78 Å². The number of nitrogens with zero attached hydrogens (tertiary/aromatic N) is 3. The van der Waals surface area contributed by atoms with E-state index in [1.54, 1.807) is 38.3 Å². The molecule has 0 aliphatic rings. The van der Waals surface area contributed by atoms with E-state index in [1.165, 1.54) is 0 Å². The Kier molecular flexibility index (Phi) is 4.00. The molecule has 0 bridgehead atoms. The van der Waals surface area contributed by atoms with Crippen molar-refractivity contribution in [3.8, 4) is 11.3 Å². The standard InChI is InChI=1S/C17H17N3O2S/c1-17(2,3)15(21)22-18-11-13-14(12-7-5-4-6-8-12)19-16-20(13)9-10-23-16/h4-11H,1-3H3/b18-11-. The molecule has 0 amide bonds. The number of thiazole rings is 1. The van der Waals surface area contributed by atoms with Gasteiger partial charge in [-0.1, -0.05) is 35.5 Å². The zero-order chi connectivity index (χ0) is 16.4. The molecule has 0 fully saturated rings. The minimum Gasteiger partial charge on any atom is -0.318 e. The summed E-state index contributed by atoms with van der Waals surface area (Å²) in [5.74, 6) is -0.374. The summed E-state index contributed by atoms with van der Waals surface area (Å²) in [5.41, 5.74) is 2.00. The van der Waals surface area contributed by atoms with Crippen molar-refractivity contribution in [1.29, 1.82) is 0 Å². The van der Waals surface area contributed by atoms with Crippen molar-refractivity contribution in [2.24, 2.45) is 10.6 Å². The van der Waals surface area contributed by atoms with Crippen LogP contribution in [0.15, 0.2) is 47.1 Å². The third-order valence-electron chi connectivity index (χ3n) is 3.27. The first-order valence-electron chi connectivity index (χ1n) is 7.22. The van der Waals surface area contributed by atoms with Gasteiger partial charge in [0.2, 0.25) is 0 Å². The molecule has 0 N–H and O–H groups in total. The van der Waals surface area contributed by atoms with Gasteiger partial charge < -0.3 is 4.84 Å². The molecule has 0 radical (unpaired) electrons. The molecule has 0 unspecified atom stereocenters. The monoisotopic (exact) mass is 327 g/mol. The lowest BCUT2D eigenvalue weighted by Crippen LogP contribution is -2.21. The van der Waals surface area contributed by atoms with E-state index in [1.807, 2.05) is 46.3 Å². The van der Waals surface area contributed by atoms with E-state index in [4.69, 9.17) is 4.84 Å². The fraction of sp³-hybridized carbons (Fsp3) is 0.235. The second kappa shape index (κ2) is 5.96. The van der Waals surface area contributed by atoms with Crippen LogP contribution in [-0.2, 0) is 9.63 Å². The van der Waals surface area contributed by atoms with E-state index in [0.717, 1.165) is 21.9 Å². The Bertz CT molecular complexity index is 857. The Morgan fingerprint density at radius 1 is 1.30 bits per heavy atom. The van der Waals surface area contributed by atoms with Crippen molar-refractivity contribution in [2.75, 3.05) is 0 Å². The van der Waals surface area contributed by atoms with Crippen molar-refractivity contribution < 1.29 is 9.63 Å². The summed E-state index contributed by atoms with van der Waals surface area (Å²) in [6.45, 7) is 5.36. The number of carbonyl (C=O) groups is 1. The number of rotatable bonds is 3. The fourth-order valence-electron chi connectivity index (χ4n) is 2.00. The second-order valence-corrected chi connectivity index (χ2v) is 7.00. The summed E-state index contributed by atoms with van der Waals surface area (Å²) >= 11 is 1.54. The van der Waals surface area contributed by atoms with Crippen LogP contribution in [0, 0.1) is 5.41 Å². The van der Waals surface area contributed by atoms with Gasteiger partial charge in [0, 0.05) is 17.1 Å². The minimum atomic E-state index is -0.589. The highest BCUT2D eigenvalue weighted by atomic mass is 32.1. The maximum absolute atomic E-state index is 11.8. The Balaban J connectivity index is 1.96. The van der Waals surface area contributed by atoms with Crippen molar-refractivity contribution in [2.45, 2.75) is 20.8 Å². The summed E-state index contributed by atoms with van der Waals surface area (Å²) in [6.07, 6.45) is 3.46. The van der Waals surface area contributed by atoms with Crippen LogP contribution in [0.1, 0.15) is 26.5 Å². The predicted molar refractivity (Wildman–Crippen MR) is 91.6 cm³/mol. The largest absolute Gasteiger partial charge is 0.340 e. The normalized spacial score (nSPS) is 12.1. The molecule has 118 valence electrons. The molecule has 5 nitrogen and oxygen atoms in total. The van der Waals surface area contributed by atoms with Gasteiger partial charge in [-0.15, -0.1) is 11.3 Å². The quantitative estimate of drug-likeness (QED) is 0.415. The summed E-state index contributed by atoms with van der Waals surface area (Å²) in [6, 6.07) is 9.86. The molecule has 1 aromatic carbocycles. The number of oxime groups is 1. The van der Waals surface area contributed by atoms with E-state index in [9.17, 15) is 4.79 Å². The summed E-state index contributed by atoms with van der Waals surface area (Å²) in [7, 11) is 0. The van der Waals surface area contributed by atoms with Gasteiger partial charge in [-0.2, -0.15) is 0 Å². The maximum atomic E-state index is 11.8. The van der Waals surface area contributed by atoms with Crippen molar-refractivity contribution in [3.05, 3.63) is 47.6 Å². The predicted octanol–water partition coefficient (Wildman–Crippen LogP) is 3.99. The molecule has 0 saturated heterocycles. The summed E-state index contributed by atoms with van der Waals surface area (Å²) in [5, 5.41) is 5.82. The highest BCUT2D eigenvalue weighted by Gasteiger charge is 2.23. The van der Waals surface area contributed by atoms with Crippen LogP contribution in [0.25, 0.3) is 16.2 Å². The number of hydrogen-bond donors (Lipinski definition) is 0. The van der Waals surface area contributed by atoms with Gasteiger partial charge in [0.25, 0.3) is 0 Å². The van der Waals surface area contributed by atoms with Crippen molar-refractivity contribution in [3.63, 3.8) is 0 Å². The highest BCUT2D eigenvalue weighted by molar-refractivity contribution is 7.15. The Labute approximate surface area is 138 Å². The van der Waals surface area contributed by atoms with Crippen LogP contribution in [0.3, 0.4) is 0 Å². The van der Waals surface area contributed by atoms with Crippen LogP contribution in [0.2, 0.25) is 0 Å². The molecule has 3 aromatic rings. The molecule has 0 aliphatic carbocycles. The third-order valence-corrected chi connectivity index (χ3v) is 4.03. The average molecular weight is 327 g/mol. The SMILES string of the molecule is CC(C)(C)C(=O)O/N=C\c1c(-c2ccccc2)nc2sccn12. The third kappa shape index (κ3) is 3.17. The summed E-state index contributed by atoms with van der Waals surface area (Å²) in [4.78, 5) is 22.3. The number of hydrogen-bond acceptors (Lipinski definition) is 5. The van der Waals surface area contributed by atoms with E-state index >= 15 is 0 Å². The average Bonchev–Trinajstić information content (AvgIpc) is 3.09. The lowest BCUT2D eigenvalue weighted by atomic mass is 9.98. The van der Waals surface area contributed by atoms with Crippen molar-refractivity contribution in [1.82, 2.24) is 9.38 Å². The van der Waals surface area contributed by atoms with Gasteiger partial charge in [0.15, 0.2) is 4.96 Å². The first-order chi connectivity index (χ1) is 11.0. The molecule has 23 heavy (non-hydrogen) atoms. The molecule has 3 rings (SSSR count). The molecular formula is C17H17N3O2S. The van der Waals surface area contributed by atoms with Crippen LogP contribution >= 0.6 is 11.3 Å². The molecule has 0 spiro atoms. The molecule has 0 aliphatic heterocycles. The van der Waals surface area contributed by atoms with Gasteiger partial charge in [0.1, 0.15) is 0 Å². The number of benzene rings is 1. The first kappa shape index (κ1) is 15.4. The molecule has 0 atom stereocenters. The van der Waals surface area contributed by atoms with Crippen LogP contribution in [0.4, 0.5) is 0 Å². The number of carbonyl (C=O) groups excluding carboxylic acids is 1. The molecular weight excluding hydrogens is 310 g/mol. The van der Waals surface area contributed by atoms with Gasteiger partial charge in [-0.3, -0.25) is 4.40 Å². The van der Waals surface area contributed by atoms with Gasteiger partial charge in [0.05, 0.1) is 23.0 Å². The number of imidazole rings is 1. The number of fused-ring (bicyclic) bond motifs is 1. The molecule has 6 heteroatoms. The Morgan fingerprint density at radius 3 is 2.74 bits per heavy atom. The highest BCUT2D eigenvalue weighted by Crippen LogP contribution is 2.25. The lowest BCUT2D eigenvalue weighted by molar-refractivity contribution is -0.152. The van der Waals surface area contributed by atoms with Gasteiger partial charge >= 0.3 is 5.97 Å². The smallest absolute Gasteiger partial charge is 0.318 e. The maximum Gasteiger partial charge on any atom is 0.340 e. The molecule has 0 saturated carbocycles. The van der Waals surface area contributed by atoms with Gasteiger partial charge in [-0.05, 0) is 20.8 Å². The second-order valence-electron chi connectivity index (χ2n) is 6.13. The number of aromatic nitrogens is 2. The first-order valence-corrected chi connectivity index (χ1v) is 8.10. The van der Waals surface area contributed by atoms with E-state index in [0.29, 0.717) is 0 Å². The van der Waals surface area contributed by atoms with Crippen LogP contribution < -0.4 is 0 Å². The van der Waals surface area contributed by atoms with Crippen LogP contribution in [0.5, 0.6) is 0 Å². The summed E-state index contributed by atoms with van der Waals surface area (Å²) < 4.78 is 1.93. The Hall–Kier alpha value is -2.47. The zero-order valence-electron chi connectivity index (χ0n) is 13.2. The van der Waals surface area contributed by atoms with E-state index in [-0.39, 0.29) is 5.97 Å². The van der Waals surface area contributed by atoms with E-state index in [2.05, 4.69) is 10.1 Å². The minimum absolute atomic E-state index is 0.374. The topological polar surface area (TPSA) is 56.0 Å². The van der Waals surface area contributed by atoms with Crippen molar-refractivity contribution >= 4 is 28.5 Å².